The SMILES string of the molecule is CC(=O)Nc1ccc(NN=C2C(N)=NN=C2N)cc1. The number of amidine groups is 2. The molecule has 1 aliphatic heterocycles. The van der Waals surface area contributed by atoms with Crippen molar-refractivity contribution in [2.45, 2.75) is 6.92 Å². The Kier molecular flexibility index (Phi) is 3.42. The Labute approximate surface area is 109 Å². The minimum atomic E-state index is -0.125. The van der Waals surface area contributed by atoms with Crippen LogP contribution in [0, 0.1) is 0 Å². The van der Waals surface area contributed by atoms with E-state index in [9.17, 15) is 4.79 Å². The van der Waals surface area contributed by atoms with Crippen LogP contribution < -0.4 is 22.2 Å². The average Bonchev–Trinajstić information content (AvgIpc) is 2.68. The summed E-state index contributed by atoms with van der Waals surface area (Å²) in [6, 6.07) is 7.00. The molecule has 0 unspecified atom stereocenters. The van der Waals surface area contributed by atoms with Crippen LogP contribution in [0.25, 0.3) is 0 Å². The minimum absolute atomic E-state index is 0.125. The quantitative estimate of drug-likeness (QED) is 0.571. The van der Waals surface area contributed by atoms with Crippen LogP contribution in [0.5, 0.6) is 0 Å². The molecule has 1 aliphatic rings. The van der Waals surface area contributed by atoms with Crippen LogP contribution in [0.2, 0.25) is 0 Å². The summed E-state index contributed by atoms with van der Waals surface area (Å²) in [5.41, 5.74) is 15.6. The Morgan fingerprint density at radius 3 is 2.16 bits per heavy atom. The van der Waals surface area contributed by atoms with Gasteiger partial charge in [0.25, 0.3) is 0 Å². The molecule has 1 aromatic rings. The molecule has 1 aromatic carbocycles. The fourth-order valence-corrected chi connectivity index (χ4v) is 1.40. The van der Waals surface area contributed by atoms with E-state index in [4.69, 9.17) is 11.5 Å². The molecule has 0 bridgehead atoms. The summed E-state index contributed by atoms with van der Waals surface area (Å²) in [5.74, 6) is 0.208. The molecule has 8 nitrogen and oxygen atoms in total. The largest absolute Gasteiger partial charge is 0.380 e. The van der Waals surface area contributed by atoms with Crippen molar-refractivity contribution in [3.8, 4) is 0 Å². The summed E-state index contributed by atoms with van der Waals surface area (Å²) >= 11 is 0. The van der Waals surface area contributed by atoms with Crippen molar-refractivity contribution in [3.63, 3.8) is 0 Å². The highest BCUT2D eigenvalue weighted by atomic mass is 16.1. The number of hydrogen-bond acceptors (Lipinski definition) is 7. The van der Waals surface area contributed by atoms with Crippen LogP contribution in [-0.4, -0.2) is 23.3 Å². The molecule has 0 fully saturated rings. The van der Waals surface area contributed by atoms with Crippen molar-refractivity contribution >= 4 is 34.7 Å². The molecule has 0 atom stereocenters. The Bertz CT molecular complexity index is 566. The lowest BCUT2D eigenvalue weighted by atomic mass is 10.3. The van der Waals surface area contributed by atoms with Gasteiger partial charge in [0, 0.05) is 12.6 Å². The number of nitrogens with zero attached hydrogens (tertiary/aromatic N) is 3. The van der Waals surface area contributed by atoms with E-state index in [1.165, 1.54) is 6.92 Å². The van der Waals surface area contributed by atoms with Gasteiger partial charge >= 0.3 is 0 Å². The van der Waals surface area contributed by atoms with Crippen molar-refractivity contribution < 1.29 is 4.79 Å². The zero-order valence-electron chi connectivity index (χ0n) is 10.2. The van der Waals surface area contributed by atoms with Gasteiger partial charge in [-0.1, -0.05) is 0 Å². The fraction of sp³-hybridized carbons (Fsp3) is 0.0909. The van der Waals surface area contributed by atoms with Crippen LogP contribution in [-0.2, 0) is 4.79 Å². The second-order valence-electron chi connectivity index (χ2n) is 3.80. The number of rotatable bonds is 3. The van der Waals surface area contributed by atoms with E-state index >= 15 is 0 Å². The van der Waals surface area contributed by atoms with Gasteiger partial charge in [-0.3, -0.25) is 10.2 Å². The highest BCUT2D eigenvalue weighted by Crippen LogP contribution is 2.13. The summed E-state index contributed by atoms with van der Waals surface area (Å²) in [4.78, 5) is 10.9. The lowest BCUT2D eigenvalue weighted by Crippen LogP contribution is -2.32. The smallest absolute Gasteiger partial charge is 0.221 e. The van der Waals surface area contributed by atoms with E-state index in [0.29, 0.717) is 17.1 Å². The van der Waals surface area contributed by atoms with E-state index in [1.807, 2.05) is 0 Å². The Morgan fingerprint density at radius 1 is 1.11 bits per heavy atom. The predicted octanol–water partition coefficient (Wildman–Crippen LogP) is 0.0559. The van der Waals surface area contributed by atoms with Gasteiger partial charge in [0.1, 0.15) is 0 Å². The summed E-state index contributed by atoms with van der Waals surface area (Å²) < 4.78 is 0. The van der Waals surface area contributed by atoms with Crippen molar-refractivity contribution in [1.82, 2.24) is 0 Å². The van der Waals surface area contributed by atoms with Crippen LogP contribution in [0.1, 0.15) is 6.92 Å². The molecule has 0 spiro atoms. The van der Waals surface area contributed by atoms with Crippen molar-refractivity contribution in [2.75, 3.05) is 10.7 Å². The number of amides is 1. The van der Waals surface area contributed by atoms with Crippen LogP contribution in [0.15, 0.2) is 39.6 Å². The Hall–Kier alpha value is -2.90. The van der Waals surface area contributed by atoms with Crippen LogP contribution >= 0.6 is 0 Å². The highest BCUT2D eigenvalue weighted by Gasteiger charge is 2.16. The summed E-state index contributed by atoms with van der Waals surface area (Å²) in [6.07, 6.45) is 0. The van der Waals surface area contributed by atoms with Crippen molar-refractivity contribution in [1.29, 1.82) is 0 Å². The van der Waals surface area contributed by atoms with Gasteiger partial charge in [-0.25, -0.2) is 0 Å². The van der Waals surface area contributed by atoms with Gasteiger partial charge in [0.2, 0.25) is 5.91 Å². The van der Waals surface area contributed by atoms with Gasteiger partial charge < -0.3 is 16.8 Å². The molecule has 0 aliphatic carbocycles. The molecule has 0 saturated carbocycles. The van der Waals surface area contributed by atoms with Gasteiger partial charge in [0.15, 0.2) is 17.4 Å². The molecule has 6 N–H and O–H groups in total. The monoisotopic (exact) mass is 259 g/mol. The van der Waals surface area contributed by atoms with Gasteiger partial charge in [-0.15, -0.1) is 10.2 Å². The molecule has 2 rings (SSSR count). The molecule has 8 heteroatoms. The highest BCUT2D eigenvalue weighted by molar-refractivity contribution is 6.68. The molecule has 0 saturated heterocycles. The van der Waals surface area contributed by atoms with E-state index in [2.05, 4.69) is 26.0 Å². The zero-order valence-corrected chi connectivity index (χ0v) is 10.2. The second-order valence-corrected chi connectivity index (χ2v) is 3.80. The number of nitrogens with one attached hydrogen (secondary N) is 2. The number of benzene rings is 1. The molecule has 98 valence electrons. The molecular formula is C11H13N7O. The molecule has 1 amide bonds. The number of anilines is 2. The fourth-order valence-electron chi connectivity index (χ4n) is 1.40. The maximum Gasteiger partial charge on any atom is 0.221 e. The third-order valence-electron chi connectivity index (χ3n) is 2.25. The standard InChI is InChI=1S/C11H13N7O/c1-6(19)14-7-2-4-8(5-3-7)15-16-9-10(12)17-18-11(9)13/h2-5,15H,1H3,(H,14,19)(H4,12,13,16,17,18). The van der Waals surface area contributed by atoms with Crippen LogP contribution in [0.4, 0.5) is 11.4 Å². The topological polar surface area (TPSA) is 130 Å². The Morgan fingerprint density at radius 2 is 1.63 bits per heavy atom. The van der Waals surface area contributed by atoms with Crippen molar-refractivity contribution in [3.05, 3.63) is 24.3 Å². The Balaban J connectivity index is 2.04. The van der Waals surface area contributed by atoms with E-state index in [-0.39, 0.29) is 17.6 Å². The lowest BCUT2D eigenvalue weighted by molar-refractivity contribution is -0.114. The van der Waals surface area contributed by atoms with Crippen LogP contribution in [0.3, 0.4) is 0 Å². The second kappa shape index (κ2) is 5.17. The normalized spacial score (nSPS) is 13.6. The summed E-state index contributed by atoms with van der Waals surface area (Å²) in [6.45, 7) is 1.45. The summed E-state index contributed by atoms with van der Waals surface area (Å²) in [5, 5.41) is 13.9. The van der Waals surface area contributed by atoms with Crippen molar-refractivity contribution in [2.24, 2.45) is 26.8 Å². The summed E-state index contributed by atoms with van der Waals surface area (Å²) in [7, 11) is 0. The van der Waals surface area contributed by atoms with E-state index in [1.54, 1.807) is 24.3 Å². The third kappa shape index (κ3) is 3.06. The van der Waals surface area contributed by atoms with Gasteiger partial charge in [-0.2, -0.15) is 5.10 Å². The molecule has 19 heavy (non-hydrogen) atoms. The maximum atomic E-state index is 10.9. The van der Waals surface area contributed by atoms with Gasteiger partial charge in [-0.05, 0) is 24.3 Å². The molecule has 0 radical (unpaired) electrons. The lowest BCUT2D eigenvalue weighted by Gasteiger charge is -2.05. The third-order valence-corrected chi connectivity index (χ3v) is 2.25. The predicted molar refractivity (Wildman–Crippen MR) is 75.0 cm³/mol. The number of hydrazone groups is 1. The minimum Gasteiger partial charge on any atom is -0.380 e. The first-order valence-electron chi connectivity index (χ1n) is 5.45. The maximum absolute atomic E-state index is 10.9. The number of carbonyl (C=O) groups is 1. The number of hydrogen-bond donors (Lipinski definition) is 4. The first-order valence-corrected chi connectivity index (χ1v) is 5.45. The first-order chi connectivity index (χ1) is 9.06. The number of carbonyl (C=O) groups excluding carboxylic acids is 1. The van der Waals surface area contributed by atoms with Gasteiger partial charge in [0.05, 0.1) is 5.69 Å². The molecular weight excluding hydrogens is 246 g/mol. The van der Waals surface area contributed by atoms with E-state index in [0.717, 1.165) is 0 Å². The number of nitrogens with two attached hydrogens (primary N) is 2. The average molecular weight is 259 g/mol. The molecule has 1 heterocycles. The molecule has 0 aromatic heterocycles. The first kappa shape index (κ1) is 12.6. The zero-order chi connectivity index (χ0) is 13.8. The van der Waals surface area contributed by atoms with E-state index < -0.39 is 0 Å².